The van der Waals surface area contributed by atoms with Crippen molar-refractivity contribution in [1.82, 2.24) is 5.32 Å². The van der Waals surface area contributed by atoms with Gasteiger partial charge < -0.3 is 21.1 Å². The number of urea groups is 1. The zero-order valence-electron chi connectivity index (χ0n) is 8.19. The first kappa shape index (κ1) is 9.79. The largest absolute Gasteiger partial charge is 0.488 e. The van der Waals surface area contributed by atoms with Gasteiger partial charge in [0.25, 0.3) is 0 Å². The van der Waals surface area contributed by atoms with Crippen LogP contribution in [0.2, 0.25) is 0 Å². The summed E-state index contributed by atoms with van der Waals surface area (Å²) in [5, 5.41) is 5.60. The average Bonchev–Trinajstić information content (AvgIpc) is 2.13. The second-order valence-electron chi connectivity index (χ2n) is 3.41. The van der Waals surface area contributed by atoms with Gasteiger partial charge in [0.1, 0.15) is 11.9 Å². The third-order valence-corrected chi connectivity index (χ3v) is 2.17. The summed E-state index contributed by atoms with van der Waals surface area (Å²) in [6.07, 6.45) is 0.264. The number of anilines is 1. The summed E-state index contributed by atoms with van der Waals surface area (Å²) >= 11 is 0. The maximum Gasteiger partial charge on any atom is 0.316 e. The molecule has 1 fully saturated rings. The molecular formula is C10H13N3O2. The highest BCUT2D eigenvalue weighted by Crippen LogP contribution is 2.17. The fourth-order valence-electron chi connectivity index (χ4n) is 1.30. The molecule has 0 spiro atoms. The van der Waals surface area contributed by atoms with Crippen molar-refractivity contribution in [3.05, 3.63) is 24.3 Å². The Morgan fingerprint density at radius 1 is 1.40 bits per heavy atom. The summed E-state index contributed by atoms with van der Waals surface area (Å²) in [5.74, 6) is 0.802. The fraction of sp³-hybridized carbons (Fsp3) is 0.300. The Kier molecular flexibility index (Phi) is 2.73. The van der Waals surface area contributed by atoms with Gasteiger partial charge in [-0.3, -0.25) is 0 Å². The van der Waals surface area contributed by atoms with Gasteiger partial charge in [-0.05, 0) is 24.3 Å². The second-order valence-corrected chi connectivity index (χ2v) is 3.41. The molecule has 0 saturated carbocycles. The Labute approximate surface area is 87.6 Å². The average molecular weight is 207 g/mol. The molecule has 2 rings (SSSR count). The minimum Gasteiger partial charge on any atom is -0.488 e. The first-order valence-corrected chi connectivity index (χ1v) is 4.78. The zero-order chi connectivity index (χ0) is 10.7. The standard InChI is InChI=1S/C10H13N3O2/c11-10(14)13-7-1-3-8(4-2-7)15-9-5-12-6-9/h1-4,9,12H,5-6H2,(H3,11,13,14). The van der Waals surface area contributed by atoms with E-state index >= 15 is 0 Å². The van der Waals surface area contributed by atoms with E-state index in [1.165, 1.54) is 0 Å². The molecule has 1 aromatic carbocycles. The van der Waals surface area contributed by atoms with Gasteiger partial charge in [-0.15, -0.1) is 0 Å². The molecule has 1 heterocycles. The number of hydrogen-bond donors (Lipinski definition) is 3. The summed E-state index contributed by atoms with van der Waals surface area (Å²) in [7, 11) is 0. The molecule has 1 saturated heterocycles. The van der Waals surface area contributed by atoms with Crippen LogP contribution < -0.4 is 21.1 Å². The van der Waals surface area contributed by atoms with E-state index in [1.807, 2.05) is 12.1 Å². The highest BCUT2D eigenvalue weighted by Gasteiger charge is 2.17. The molecule has 5 heteroatoms. The Morgan fingerprint density at radius 3 is 2.53 bits per heavy atom. The molecule has 0 atom stereocenters. The predicted octanol–water partition coefficient (Wildman–Crippen LogP) is 0.528. The summed E-state index contributed by atoms with van der Waals surface area (Å²) < 4.78 is 5.60. The van der Waals surface area contributed by atoms with Gasteiger partial charge >= 0.3 is 6.03 Å². The van der Waals surface area contributed by atoms with Gasteiger partial charge in [0.05, 0.1) is 0 Å². The number of ether oxygens (including phenoxy) is 1. The number of amides is 2. The van der Waals surface area contributed by atoms with Crippen molar-refractivity contribution >= 4 is 11.7 Å². The fourth-order valence-corrected chi connectivity index (χ4v) is 1.30. The van der Waals surface area contributed by atoms with Gasteiger partial charge in [-0.1, -0.05) is 0 Å². The lowest BCUT2D eigenvalue weighted by molar-refractivity contribution is 0.142. The van der Waals surface area contributed by atoms with Gasteiger partial charge in [-0.2, -0.15) is 0 Å². The number of carbonyl (C=O) groups is 1. The molecule has 0 bridgehead atoms. The van der Waals surface area contributed by atoms with Crippen LogP contribution in [0.1, 0.15) is 0 Å². The molecule has 15 heavy (non-hydrogen) atoms. The van der Waals surface area contributed by atoms with E-state index < -0.39 is 6.03 Å². The summed E-state index contributed by atoms with van der Waals surface area (Å²) in [6, 6.07) is 6.57. The van der Waals surface area contributed by atoms with Crippen molar-refractivity contribution in [2.24, 2.45) is 5.73 Å². The molecular weight excluding hydrogens is 194 g/mol. The van der Waals surface area contributed by atoms with Crippen LogP contribution in [0.15, 0.2) is 24.3 Å². The first-order chi connectivity index (χ1) is 7.24. The summed E-state index contributed by atoms with van der Waals surface area (Å²) in [6.45, 7) is 1.78. The number of nitrogens with one attached hydrogen (secondary N) is 2. The topological polar surface area (TPSA) is 76.4 Å². The molecule has 1 aromatic rings. The van der Waals surface area contributed by atoms with Crippen molar-refractivity contribution < 1.29 is 9.53 Å². The highest BCUT2D eigenvalue weighted by molar-refractivity contribution is 5.87. The summed E-state index contributed by atoms with van der Waals surface area (Å²) in [4.78, 5) is 10.6. The highest BCUT2D eigenvalue weighted by atomic mass is 16.5. The van der Waals surface area contributed by atoms with Crippen LogP contribution in [-0.4, -0.2) is 25.2 Å². The lowest BCUT2D eigenvalue weighted by Gasteiger charge is -2.27. The van der Waals surface area contributed by atoms with Gasteiger partial charge in [-0.25, -0.2) is 4.79 Å². The third kappa shape index (κ3) is 2.60. The minimum atomic E-state index is -0.563. The summed E-state index contributed by atoms with van der Waals surface area (Å²) in [5.41, 5.74) is 5.65. The van der Waals surface area contributed by atoms with E-state index in [9.17, 15) is 4.79 Å². The monoisotopic (exact) mass is 207 g/mol. The molecule has 5 nitrogen and oxygen atoms in total. The zero-order valence-corrected chi connectivity index (χ0v) is 8.19. The maximum atomic E-state index is 10.6. The van der Waals surface area contributed by atoms with E-state index in [2.05, 4.69) is 10.6 Å². The number of hydrogen-bond acceptors (Lipinski definition) is 3. The van der Waals surface area contributed by atoms with E-state index in [0.717, 1.165) is 18.8 Å². The third-order valence-electron chi connectivity index (χ3n) is 2.17. The number of primary amides is 1. The molecule has 0 unspecified atom stereocenters. The predicted molar refractivity (Wildman–Crippen MR) is 56.9 cm³/mol. The van der Waals surface area contributed by atoms with Gasteiger partial charge in [0.2, 0.25) is 0 Å². The lowest BCUT2D eigenvalue weighted by Crippen LogP contribution is -2.50. The molecule has 4 N–H and O–H groups in total. The quantitative estimate of drug-likeness (QED) is 0.676. The van der Waals surface area contributed by atoms with E-state index in [0.29, 0.717) is 5.69 Å². The van der Waals surface area contributed by atoms with Crippen LogP contribution in [0, 0.1) is 0 Å². The Balaban J connectivity index is 1.93. The lowest BCUT2D eigenvalue weighted by atomic mass is 10.2. The normalized spacial score (nSPS) is 15.5. The van der Waals surface area contributed by atoms with Crippen molar-refractivity contribution in [3.8, 4) is 5.75 Å². The molecule has 1 aliphatic rings. The van der Waals surface area contributed by atoms with Crippen LogP contribution >= 0.6 is 0 Å². The molecule has 1 aliphatic heterocycles. The van der Waals surface area contributed by atoms with Crippen molar-refractivity contribution in [2.75, 3.05) is 18.4 Å². The molecule has 0 aromatic heterocycles. The molecule has 0 aliphatic carbocycles. The number of nitrogens with two attached hydrogens (primary N) is 1. The minimum absolute atomic E-state index is 0.264. The Bertz CT molecular complexity index is 346. The van der Waals surface area contributed by atoms with Crippen LogP contribution in [0.3, 0.4) is 0 Å². The molecule has 0 radical (unpaired) electrons. The second kappa shape index (κ2) is 4.18. The van der Waals surface area contributed by atoms with Crippen LogP contribution in [0.5, 0.6) is 5.75 Å². The van der Waals surface area contributed by atoms with Gasteiger partial charge in [0, 0.05) is 18.8 Å². The molecule has 80 valence electrons. The van der Waals surface area contributed by atoms with Gasteiger partial charge in [0.15, 0.2) is 0 Å². The SMILES string of the molecule is NC(=O)Nc1ccc(OC2CNC2)cc1. The van der Waals surface area contributed by atoms with Crippen molar-refractivity contribution in [3.63, 3.8) is 0 Å². The van der Waals surface area contributed by atoms with Crippen LogP contribution in [0.25, 0.3) is 0 Å². The number of benzene rings is 1. The van der Waals surface area contributed by atoms with E-state index in [1.54, 1.807) is 12.1 Å². The van der Waals surface area contributed by atoms with Crippen molar-refractivity contribution in [1.29, 1.82) is 0 Å². The number of rotatable bonds is 3. The Morgan fingerprint density at radius 2 is 2.07 bits per heavy atom. The van der Waals surface area contributed by atoms with E-state index in [-0.39, 0.29) is 6.10 Å². The van der Waals surface area contributed by atoms with Crippen LogP contribution in [0.4, 0.5) is 10.5 Å². The Hall–Kier alpha value is -1.75. The number of carbonyl (C=O) groups excluding carboxylic acids is 1. The smallest absolute Gasteiger partial charge is 0.316 e. The van der Waals surface area contributed by atoms with Crippen LogP contribution in [-0.2, 0) is 0 Å². The molecule has 2 amide bonds. The first-order valence-electron chi connectivity index (χ1n) is 4.78. The van der Waals surface area contributed by atoms with Crippen molar-refractivity contribution in [2.45, 2.75) is 6.10 Å². The maximum absolute atomic E-state index is 10.6. The van der Waals surface area contributed by atoms with E-state index in [4.69, 9.17) is 10.5 Å².